The molecule has 5 heteroatoms. The van der Waals surface area contributed by atoms with Crippen molar-refractivity contribution in [3.63, 3.8) is 0 Å². The lowest BCUT2D eigenvalue weighted by Gasteiger charge is -2.12. The zero-order chi connectivity index (χ0) is 18.4. The predicted molar refractivity (Wildman–Crippen MR) is 102 cm³/mol. The highest BCUT2D eigenvalue weighted by atomic mass is 16.5. The number of benzene rings is 2. The zero-order valence-electron chi connectivity index (χ0n) is 15.2. The molecule has 0 bridgehead atoms. The highest BCUT2D eigenvalue weighted by Crippen LogP contribution is 2.23. The second-order valence-corrected chi connectivity index (χ2v) is 6.32. The van der Waals surface area contributed by atoms with Gasteiger partial charge in [0, 0.05) is 5.69 Å². The van der Waals surface area contributed by atoms with Crippen LogP contribution in [0, 0.1) is 6.92 Å². The summed E-state index contributed by atoms with van der Waals surface area (Å²) in [6.45, 7) is 8.08. The van der Waals surface area contributed by atoms with Gasteiger partial charge in [0.05, 0.1) is 5.71 Å². The average molecular weight is 339 g/mol. The number of carbonyl (C=O) groups is 1. The summed E-state index contributed by atoms with van der Waals surface area (Å²) in [5.41, 5.74) is 12.9. The molecule has 2 aromatic carbocycles. The number of nitrogens with one attached hydrogen (secondary N) is 1. The van der Waals surface area contributed by atoms with Crippen LogP contribution in [0.4, 0.5) is 5.69 Å². The number of hydrogen-bond donors (Lipinski definition) is 2. The molecular formula is C20H25N3O2. The first-order valence-corrected chi connectivity index (χ1v) is 8.29. The van der Waals surface area contributed by atoms with E-state index >= 15 is 0 Å². The van der Waals surface area contributed by atoms with E-state index < -0.39 is 0 Å². The van der Waals surface area contributed by atoms with Gasteiger partial charge in [-0.2, -0.15) is 5.10 Å². The number of ether oxygens (including phenoxy) is 1. The van der Waals surface area contributed by atoms with E-state index in [0.29, 0.717) is 23.1 Å². The van der Waals surface area contributed by atoms with Crippen LogP contribution < -0.4 is 15.9 Å². The Bertz CT molecular complexity index is 765. The van der Waals surface area contributed by atoms with Crippen LogP contribution in [0.25, 0.3) is 0 Å². The molecule has 0 saturated heterocycles. The maximum atomic E-state index is 11.9. The van der Waals surface area contributed by atoms with Gasteiger partial charge in [-0.25, -0.2) is 5.43 Å². The molecule has 0 fully saturated rings. The van der Waals surface area contributed by atoms with Gasteiger partial charge >= 0.3 is 0 Å². The van der Waals surface area contributed by atoms with E-state index in [1.54, 1.807) is 12.1 Å². The molecule has 0 aliphatic carbocycles. The number of aryl methyl sites for hydroxylation is 1. The Morgan fingerprint density at radius 1 is 1.20 bits per heavy atom. The molecule has 0 spiro atoms. The number of nitrogens with zero attached hydrogens (tertiary/aromatic N) is 1. The van der Waals surface area contributed by atoms with Crippen molar-refractivity contribution in [1.82, 2.24) is 5.43 Å². The van der Waals surface area contributed by atoms with Gasteiger partial charge < -0.3 is 10.5 Å². The third kappa shape index (κ3) is 5.35. The smallest absolute Gasteiger partial charge is 0.277 e. The summed E-state index contributed by atoms with van der Waals surface area (Å²) in [6, 6.07) is 13.2. The second kappa shape index (κ2) is 8.33. The van der Waals surface area contributed by atoms with Crippen LogP contribution in [0.3, 0.4) is 0 Å². The van der Waals surface area contributed by atoms with E-state index in [-0.39, 0.29) is 12.5 Å². The van der Waals surface area contributed by atoms with Crippen molar-refractivity contribution in [3.8, 4) is 5.75 Å². The molecule has 0 radical (unpaired) electrons. The summed E-state index contributed by atoms with van der Waals surface area (Å²) < 4.78 is 5.54. The zero-order valence-corrected chi connectivity index (χ0v) is 15.2. The second-order valence-electron chi connectivity index (χ2n) is 6.32. The summed E-state index contributed by atoms with van der Waals surface area (Å²) in [7, 11) is 0. The van der Waals surface area contributed by atoms with Gasteiger partial charge in [0.2, 0.25) is 0 Å². The number of nitrogen functional groups attached to an aromatic ring is 1. The van der Waals surface area contributed by atoms with Crippen molar-refractivity contribution in [2.75, 3.05) is 12.3 Å². The van der Waals surface area contributed by atoms with Crippen molar-refractivity contribution in [2.24, 2.45) is 5.10 Å². The predicted octanol–water partition coefficient (Wildman–Crippen LogP) is 3.62. The first-order valence-electron chi connectivity index (χ1n) is 8.29. The minimum Gasteiger partial charge on any atom is -0.484 e. The van der Waals surface area contributed by atoms with Crippen LogP contribution in [0.2, 0.25) is 0 Å². The lowest BCUT2D eigenvalue weighted by atomic mass is 9.98. The quantitative estimate of drug-likeness (QED) is 0.479. The monoisotopic (exact) mass is 339 g/mol. The maximum absolute atomic E-state index is 11.9. The van der Waals surface area contributed by atoms with Gasteiger partial charge in [-0.15, -0.1) is 0 Å². The van der Waals surface area contributed by atoms with Gasteiger partial charge in [-0.05, 0) is 60.7 Å². The molecule has 1 amide bonds. The lowest BCUT2D eigenvalue weighted by Crippen LogP contribution is -2.25. The van der Waals surface area contributed by atoms with E-state index in [1.807, 2.05) is 44.2 Å². The van der Waals surface area contributed by atoms with Crippen LogP contribution >= 0.6 is 0 Å². The van der Waals surface area contributed by atoms with Crippen LogP contribution in [-0.2, 0) is 4.79 Å². The molecule has 3 N–H and O–H groups in total. The van der Waals surface area contributed by atoms with E-state index in [0.717, 1.165) is 11.1 Å². The number of carbonyl (C=O) groups excluding carboxylic acids is 1. The minimum atomic E-state index is -0.305. The van der Waals surface area contributed by atoms with Gasteiger partial charge in [-0.3, -0.25) is 4.79 Å². The van der Waals surface area contributed by atoms with Crippen LogP contribution in [0.5, 0.6) is 5.75 Å². The molecule has 5 nitrogen and oxygen atoms in total. The van der Waals surface area contributed by atoms with Crippen LogP contribution in [0.1, 0.15) is 43.4 Å². The minimum absolute atomic E-state index is 0.0843. The fourth-order valence-electron chi connectivity index (χ4n) is 2.50. The molecule has 0 saturated carbocycles. The largest absolute Gasteiger partial charge is 0.484 e. The molecule has 2 aromatic rings. The fraction of sp³-hybridized carbons (Fsp3) is 0.300. The van der Waals surface area contributed by atoms with Crippen molar-refractivity contribution in [2.45, 2.75) is 33.6 Å². The SMILES string of the molecule is CC(=NNC(=O)COc1ccc(C(C)C)c(C)c1)c1ccc(N)cc1. The molecule has 0 aromatic heterocycles. The van der Waals surface area contributed by atoms with Gasteiger partial charge in [0.15, 0.2) is 6.61 Å². The van der Waals surface area contributed by atoms with E-state index in [4.69, 9.17) is 10.5 Å². The number of rotatable bonds is 6. The molecule has 0 atom stereocenters. The molecule has 0 unspecified atom stereocenters. The third-order valence-electron chi connectivity index (χ3n) is 3.91. The van der Waals surface area contributed by atoms with Gasteiger partial charge in [0.1, 0.15) is 5.75 Å². The average Bonchev–Trinajstić information content (AvgIpc) is 2.58. The Morgan fingerprint density at radius 3 is 2.48 bits per heavy atom. The highest BCUT2D eigenvalue weighted by molar-refractivity contribution is 5.99. The fourth-order valence-corrected chi connectivity index (χ4v) is 2.50. The summed E-state index contributed by atoms with van der Waals surface area (Å²) in [5, 5.41) is 4.09. The van der Waals surface area contributed by atoms with Crippen molar-refractivity contribution >= 4 is 17.3 Å². The van der Waals surface area contributed by atoms with Crippen molar-refractivity contribution in [3.05, 3.63) is 59.2 Å². The topological polar surface area (TPSA) is 76.7 Å². The lowest BCUT2D eigenvalue weighted by molar-refractivity contribution is -0.123. The number of amides is 1. The number of hydrogen-bond acceptors (Lipinski definition) is 4. The number of nitrogens with two attached hydrogens (primary N) is 1. The van der Waals surface area contributed by atoms with Crippen molar-refractivity contribution in [1.29, 1.82) is 0 Å². The number of anilines is 1. The van der Waals surface area contributed by atoms with Crippen LogP contribution in [0.15, 0.2) is 47.6 Å². The first-order chi connectivity index (χ1) is 11.9. The van der Waals surface area contributed by atoms with E-state index in [1.165, 1.54) is 5.56 Å². The molecule has 25 heavy (non-hydrogen) atoms. The molecule has 2 rings (SSSR count). The highest BCUT2D eigenvalue weighted by Gasteiger charge is 2.07. The summed E-state index contributed by atoms with van der Waals surface area (Å²) in [4.78, 5) is 11.9. The normalized spacial score (nSPS) is 11.5. The van der Waals surface area contributed by atoms with Gasteiger partial charge in [0.25, 0.3) is 5.91 Å². The van der Waals surface area contributed by atoms with E-state index in [9.17, 15) is 4.79 Å². The van der Waals surface area contributed by atoms with E-state index in [2.05, 4.69) is 24.4 Å². The molecular weight excluding hydrogens is 314 g/mol. The Hall–Kier alpha value is -2.82. The Labute approximate surface area is 148 Å². The Kier molecular flexibility index (Phi) is 6.17. The third-order valence-corrected chi connectivity index (χ3v) is 3.91. The number of hydrazone groups is 1. The molecule has 0 heterocycles. The standard InChI is InChI=1S/C20H25N3O2/c1-13(2)19-10-9-18(11-14(19)3)25-12-20(24)23-22-15(4)16-5-7-17(21)8-6-16/h5-11,13H,12,21H2,1-4H3,(H,23,24). The summed E-state index contributed by atoms with van der Waals surface area (Å²) in [5.74, 6) is 0.833. The first kappa shape index (κ1) is 18.5. The summed E-state index contributed by atoms with van der Waals surface area (Å²) in [6.07, 6.45) is 0. The Balaban J connectivity index is 1.89. The Morgan fingerprint density at radius 2 is 1.88 bits per heavy atom. The molecule has 132 valence electrons. The van der Waals surface area contributed by atoms with Crippen molar-refractivity contribution < 1.29 is 9.53 Å². The maximum Gasteiger partial charge on any atom is 0.277 e. The molecule has 0 aliphatic rings. The van der Waals surface area contributed by atoms with Gasteiger partial charge in [-0.1, -0.05) is 32.0 Å². The summed E-state index contributed by atoms with van der Waals surface area (Å²) >= 11 is 0. The van der Waals surface area contributed by atoms with Crippen LogP contribution in [-0.4, -0.2) is 18.2 Å². The molecule has 0 aliphatic heterocycles.